The van der Waals surface area contributed by atoms with Crippen LogP contribution in [0.15, 0.2) is 70.2 Å². The van der Waals surface area contributed by atoms with Crippen molar-refractivity contribution in [3.05, 3.63) is 76.3 Å². The maximum absolute atomic E-state index is 12.0. The number of aryl methyl sites for hydroxylation is 1. The number of fused-ring (bicyclic) bond motifs is 1. The van der Waals surface area contributed by atoms with Gasteiger partial charge in [-0.25, -0.2) is 5.43 Å². The molecule has 0 atom stereocenters. The summed E-state index contributed by atoms with van der Waals surface area (Å²) in [6, 6.07) is 19.0. The molecule has 0 radical (unpaired) electrons. The van der Waals surface area contributed by atoms with E-state index in [4.69, 9.17) is 0 Å². The molecule has 0 heterocycles. The van der Waals surface area contributed by atoms with Crippen LogP contribution < -0.4 is 10.7 Å². The first-order valence-corrected chi connectivity index (χ1v) is 8.72. The summed E-state index contributed by atoms with van der Waals surface area (Å²) >= 11 is 3.35. The number of carbonyl (C=O) groups excluding carboxylic acids is 2. The second kappa shape index (κ2) is 7.93. The number of anilines is 1. The van der Waals surface area contributed by atoms with E-state index in [0.717, 1.165) is 26.4 Å². The van der Waals surface area contributed by atoms with Crippen LogP contribution in [0.4, 0.5) is 5.69 Å². The van der Waals surface area contributed by atoms with Crippen molar-refractivity contribution in [2.75, 3.05) is 5.32 Å². The monoisotopic (exact) mass is 409 g/mol. The third kappa shape index (κ3) is 4.15. The first kappa shape index (κ1) is 17.8. The summed E-state index contributed by atoms with van der Waals surface area (Å²) in [5.74, 6) is -1.60. The highest BCUT2D eigenvalue weighted by Crippen LogP contribution is 2.20. The van der Waals surface area contributed by atoms with Gasteiger partial charge < -0.3 is 5.32 Å². The molecule has 0 saturated heterocycles. The number of hydrazone groups is 1. The van der Waals surface area contributed by atoms with Crippen molar-refractivity contribution in [1.82, 2.24) is 5.43 Å². The van der Waals surface area contributed by atoms with E-state index in [1.54, 1.807) is 12.1 Å². The van der Waals surface area contributed by atoms with Gasteiger partial charge in [0.15, 0.2) is 0 Å². The molecule has 0 bridgehead atoms. The van der Waals surface area contributed by atoms with Crippen LogP contribution in [0, 0.1) is 6.92 Å². The third-order valence-corrected chi connectivity index (χ3v) is 4.33. The number of nitrogens with one attached hydrogen (secondary N) is 2. The van der Waals surface area contributed by atoms with Crippen molar-refractivity contribution < 1.29 is 9.59 Å². The Balaban J connectivity index is 1.66. The number of amides is 2. The second-order valence-electron chi connectivity index (χ2n) is 5.68. The van der Waals surface area contributed by atoms with Gasteiger partial charge in [-0.15, -0.1) is 0 Å². The van der Waals surface area contributed by atoms with Crippen LogP contribution in [0.2, 0.25) is 0 Å². The summed E-state index contributed by atoms with van der Waals surface area (Å²) in [5.41, 5.74) is 4.53. The van der Waals surface area contributed by atoms with Gasteiger partial charge in [0.25, 0.3) is 0 Å². The lowest BCUT2D eigenvalue weighted by Gasteiger charge is -2.07. The number of halogens is 1. The van der Waals surface area contributed by atoms with Crippen molar-refractivity contribution in [3.8, 4) is 0 Å². The molecule has 0 aliphatic heterocycles. The molecular formula is C20H16BrN3O2. The minimum Gasteiger partial charge on any atom is -0.317 e. The Morgan fingerprint density at radius 3 is 2.58 bits per heavy atom. The topological polar surface area (TPSA) is 70.6 Å². The molecule has 2 N–H and O–H groups in total. The predicted octanol–water partition coefficient (Wildman–Crippen LogP) is 4.00. The van der Waals surface area contributed by atoms with E-state index in [-0.39, 0.29) is 0 Å². The highest BCUT2D eigenvalue weighted by atomic mass is 79.9. The van der Waals surface area contributed by atoms with Gasteiger partial charge in [0.1, 0.15) is 0 Å². The molecule has 0 unspecified atom stereocenters. The van der Waals surface area contributed by atoms with E-state index in [1.165, 1.54) is 6.21 Å². The maximum atomic E-state index is 12.0. The minimum absolute atomic E-state index is 0.575. The second-order valence-corrected chi connectivity index (χ2v) is 6.60. The Morgan fingerprint density at radius 1 is 1.00 bits per heavy atom. The SMILES string of the molecule is Cc1cc(Br)ccc1NC(=O)C(=O)N/N=C/c1cccc2ccccc12. The van der Waals surface area contributed by atoms with Gasteiger partial charge in [0.2, 0.25) is 0 Å². The van der Waals surface area contributed by atoms with E-state index >= 15 is 0 Å². The van der Waals surface area contributed by atoms with Crippen LogP contribution in [0.5, 0.6) is 0 Å². The molecular weight excluding hydrogens is 394 g/mol. The van der Waals surface area contributed by atoms with Crippen molar-refractivity contribution in [3.63, 3.8) is 0 Å². The number of hydrogen-bond acceptors (Lipinski definition) is 3. The Morgan fingerprint density at radius 2 is 1.77 bits per heavy atom. The van der Waals surface area contributed by atoms with E-state index in [1.807, 2.05) is 55.5 Å². The van der Waals surface area contributed by atoms with Gasteiger partial charge in [0.05, 0.1) is 6.21 Å². The van der Waals surface area contributed by atoms with Crippen molar-refractivity contribution in [2.24, 2.45) is 5.10 Å². The summed E-state index contributed by atoms with van der Waals surface area (Å²) in [6.45, 7) is 1.84. The van der Waals surface area contributed by atoms with Gasteiger partial charge >= 0.3 is 11.8 Å². The summed E-state index contributed by atoms with van der Waals surface area (Å²) in [5, 5.41) is 8.56. The molecule has 0 aromatic heterocycles. The van der Waals surface area contributed by atoms with Crippen LogP contribution in [-0.2, 0) is 9.59 Å². The highest BCUT2D eigenvalue weighted by Gasteiger charge is 2.14. The minimum atomic E-state index is -0.830. The van der Waals surface area contributed by atoms with Crippen molar-refractivity contribution >= 4 is 50.4 Å². The molecule has 5 nitrogen and oxygen atoms in total. The van der Waals surface area contributed by atoms with E-state index in [0.29, 0.717) is 5.69 Å². The zero-order chi connectivity index (χ0) is 18.5. The predicted molar refractivity (Wildman–Crippen MR) is 107 cm³/mol. The molecule has 3 aromatic rings. The largest absolute Gasteiger partial charge is 0.329 e. The van der Waals surface area contributed by atoms with E-state index < -0.39 is 11.8 Å². The fraction of sp³-hybridized carbons (Fsp3) is 0.0500. The number of nitrogens with zero attached hydrogens (tertiary/aromatic N) is 1. The standard InChI is InChI=1S/C20H16BrN3O2/c1-13-11-16(21)9-10-18(13)23-19(25)20(26)24-22-12-15-7-4-6-14-5-2-3-8-17(14)15/h2-12H,1H3,(H,23,25)(H,24,26)/b22-12+. The van der Waals surface area contributed by atoms with Crippen LogP contribution in [-0.4, -0.2) is 18.0 Å². The summed E-state index contributed by atoms with van der Waals surface area (Å²) in [7, 11) is 0. The average Bonchev–Trinajstić information content (AvgIpc) is 2.64. The molecule has 0 aliphatic rings. The van der Waals surface area contributed by atoms with Crippen LogP contribution in [0.3, 0.4) is 0 Å². The smallest absolute Gasteiger partial charge is 0.317 e. The molecule has 2 amide bonds. The summed E-state index contributed by atoms with van der Waals surface area (Å²) in [6.07, 6.45) is 1.53. The fourth-order valence-electron chi connectivity index (χ4n) is 2.52. The summed E-state index contributed by atoms with van der Waals surface area (Å²) < 4.78 is 0.900. The number of benzene rings is 3. The number of hydrogen-bond donors (Lipinski definition) is 2. The lowest BCUT2D eigenvalue weighted by Crippen LogP contribution is -2.32. The van der Waals surface area contributed by atoms with E-state index in [2.05, 4.69) is 31.8 Å². The fourth-order valence-corrected chi connectivity index (χ4v) is 3.00. The molecule has 0 aliphatic carbocycles. The van der Waals surface area contributed by atoms with Gasteiger partial charge in [-0.2, -0.15) is 5.10 Å². The molecule has 3 rings (SSSR count). The first-order valence-electron chi connectivity index (χ1n) is 7.93. The number of carbonyl (C=O) groups is 2. The molecule has 6 heteroatoms. The third-order valence-electron chi connectivity index (χ3n) is 3.84. The maximum Gasteiger partial charge on any atom is 0.329 e. The van der Waals surface area contributed by atoms with Crippen LogP contribution >= 0.6 is 15.9 Å². The summed E-state index contributed by atoms with van der Waals surface area (Å²) in [4.78, 5) is 23.9. The Labute approximate surface area is 159 Å². The number of rotatable bonds is 3. The first-order chi connectivity index (χ1) is 12.5. The van der Waals surface area contributed by atoms with Gasteiger partial charge in [-0.1, -0.05) is 58.4 Å². The molecule has 130 valence electrons. The van der Waals surface area contributed by atoms with Crippen molar-refractivity contribution in [2.45, 2.75) is 6.92 Å². The van der Waals surface area contributed by atoms with Gasteiger partial charge in [-0.3, -0.25) is 9.59 Å². The normalized spacial score (nSPS) is 10.8. The lowest BCUT2D eigenvalue weighted by molar-refractivity contribution is -0.136. The quantitative estimate of drug-likeness (QED) is 0.389. The Bertz CT molecular complexity index is 1010. The van der Waals surface area contributed by atoms with Gasteiger partial charge in [0, 0.05) is 15.7 Å². The highest BCUT2D eigenvalue weighted by molar-refractivity contribution is 9.10. The lowest BCUT2D eigenvalue weighted by atomic mass is 10.1. The Kier molecular flexibility index (Phi) is 5.43. The van der Waals surface area contributed by atoms with Crippen LogP contribution in [0.1, 0.15) is 11.1 Å². The zero-order valence-electron chi connectivity index (χ0n) is 14.0. The molecule has 0 fully saturated rings. The van der Waals surface area contributed by atoms with Crippen LogP contribution in [0.25, 0.3) is 10.8 Å². The average molecular weight is 410 g/mol. The molecule has 26 heavy (non-hydrogen) atoms. The van der Waals surface area contributed by atoms with E-state index in [9.17, 15) is 9.59 Å². The molecule has 0 spiro atoms. The Hall–Kier alpha value is -2.99. The zero-order valence-corrected chi connectivity index (χ0v) is 15.6. The van der Waals surface area contributed by atoms with Gasteiger partial charge in [-0.05, 0) is 41.5 Å². The molecule has 0 saturated carbocycles. The molecule has 3 aromatic carbocycles. The van der Waals surface area contributed by atoms with Crippen molar-refractivity contribution in [1.29, 1.82) is 0 Å².